The Kier molecular flexibility index (Phi) is 4.45. The second-order valence-electron chi connectivity index (χ2n) is 5.58. The standard InChI is InChI=1S/C15H22BrN5/c1-3-13-15(16)14(21(4-2)19-13)10-20-9-11(8-18-20)7-17-12-5-6-12/h8-9,12,17H,3-7,10H2,1-2H3. The number of nitrogens with zero attached hydrogens (tertiary/aromatic N) is 4. The molecule has 1 fully saturated rings. The van der Waals surface area contributed by atoms with Crippen molar-refractivity contribution >= 4 is 15.9 Å². The van der Waals surface area contributed by atoms with Gasteiger partial charge >= 0.3 is 0 Å². The Labute approximate surface area is 133 Å². The Hall–Kier alpha value is -1.14. The summed E-state index contributed by atoms with van der Waals surface area (Å²) < 4.78 is 5.18. The van der Waals surface area contributed by atoms with Gasteiger partial charge in [-0.2, -0.15) is 10.2 Å². The molecule has 0 unspecified atom stereocenters. The highest BCUT2D eigenvalue weighted by Crippen LogP contribution is 2.23. The first-order valence-electron chi connectivity index (χ1n) is 7.70. The molecule has 6 heteroatoms. The average Bonchev–Trinajstić information content (AvgIpc) is 3.14. The molecule has 114 valence electrons. The van der Waals surface area contributed by atoms with Gasteiger partial charge in [0.2, 0.25) is 0 Å². The van der Waals surface area contributed by atoms with Gasteiger partial charge in [-0.1, -0.05) is 6.92 Å². The zero-order chi connectivity index (χ0) is 14.8. The van der Waals surface area contributed by atoms with Crippen molar-refractivity contribution < 1.29 is 0 Å². The molecular formula is C15H22BrN5. The number of rotatable bonds is 7. The Bertz CT molecular complexity index is 612. The summed E-state index contributed by atoms with van der Waals surface area (Å²) in [5.74, 6) is 0. The second kappa shape index (κ2) is 6.32. The SMILES string of the molecule is CCc1nn(CC)c(Cn2cc(CNC3CC3)cn2)c1Br. The zero-order valence-electron chi connectivity index (χ0n) is 12.6. The maximum atomic E-state index is 4.63. The predicted molar refractivity (Wildman–Crippen MR) is 86.2 cm³/mol. The third-order valence-electron chi connectivity index (χ3n) is 3.86. The predicted octanol–water partition coefficient (Wildman–Crippen LogP) is 2.72. The molecule has 0 aliphatic heterocycles. The number of hydrogen-bond acceptors (Lipinski definition) is 3. The van der Waals surface area contributed by atoms with Crippen LogP contribution in [0.15, 0.2) is 16.9 Å². The van der Waals surface area contributed by atoms with E-state index >= 15 is 0 Å². The van der Waals surface area contributed by atoms with Crippen LogP contribution in [0, 0.1) is 0 Å². The second-order valence-corrected chi connectivity index (χ2v) is 6.37. The van der Waals surface area contributed by atoms with Crippen LogP contribution in [-0.4, -0.2) is 25.6 Å². The van der Waals surface area contributed by atoms with E-state index in [1.165, 1.54) is 24.1 Å². The fourth-order valence-electron chi connectivity index (χ4n) is 2.46. The van der Waals surface area contributed by atoms with Crippen molar-refractivity contribution in [2.45, 2.75) is 58.8 Å². The van der Waals surface area contributed by atoms with Gasteiger partial charge in [0.1, 0.15) is 0 Å². The molecule has 0 atom stereocenters. The van der Waals surface area contributed by atoms with Gasteiger partial charge in [-0.15, -0.1) is 0 Å². The van der Waals surface area contributed by atoms with Crippen LogP contribution in [-0.2, 0) is 26.1 Å². The van der Waals surface area contributed by atoms with Crippen molar-refractivity contribution in [2.75, 3.05) is 0 Å². The minimum atomic E-state index is 0.733. The molecule has 2 heterocycles. The van der Waals surface area contributed by atoms with Crippen molar-refractivity contribution in [3.63, 3.8) is 0 Å². The number of aromatic nitrogens is 4. The molecule has 1 saturated carbocycles. The number of halogens is 1. The van der Waals surface area contributed by atoms with E-state index in [0.29, 0.717) is 0 Å². The Morgan fingerprint density at radius 2 is 2.19 bits per heavy atom. The van der Waals surface area contributed by atoms with Crippen molar-refractivity contribution in [3.8, 4) is 0 Å². The van der Waals surface area contributed by atoms with Crippen LogP contribution in [0.25, 0.3) is 0 Å². The molecular weight excluding hydrogens is 330 g/mol. The first-order valence-corrected chi connectivity index (χ1v) is 8.49. The molecule has 1 N–H and O–H groups in total. The lowest BCUT2D eigenvalue weighted by atomic mass is 10.3. The summed E-state index contributed by atoms with van der Waals surface area (Å²) in [6.45, 7) is 6.80. The lowest BCUT2D eigenvalue weighted by molar-refractivity contribution is 0.572. The topological polar surface area (TPSA) is 47.7 Å². The molecule has 1 aliphatic rings. The van der Waals surface area contributed by atoms with Gasteiger partial charge in [0.05, 0.1) is 28.6 Å². The summed E-state index contributed by atoms with van der Waals surface area (Å²) in [6.07, 6.45) is 7.65. The van der Waals surface area contributed by atoms with Gasteiger partial charge in [0, 0.05) is 30.9 Å². The molecule has 21 heavy (non-hydrogen) atoms. The lowest BCUT2D eigenvalue weighted by Crippen LogP contribution is -2.14. The smallest absolute Gasteiger partial charge is 0.0839 e. The molecule has 2 aromatic heterocycles. The van der Waals surface area contributed by atoms with Crippen molar-refractivity contribution in [3.05, 3.63) is 33.8 Å². The molecule has 0 aromatic carbocycles. The van der Waals surface area contributed by atoms with Crippen LogP contribution >= 0.6 is 15.9 Å². The van der Waals surface area contributed by atoms with Gasteiger partial charge in [0.15, 0.2) is 0 Å². The largest absolute Gasteiger partial charge is 0.310 e. The van der Waals surface area contributed by atoms with E-state index in [9.17, 15) is 0 Å². The van der Waals surface area contributed by atoms with Gasteiger partial charge < -0.3 is 5.32 Å². The van der Waals surface area contributed by atoms with Crippen LogP contribution in [0.4, 0.5) is 0 Å². The van der Waals surface area contributed by atoms with E-state index in [1.807, 2.05) is 10.9 Å². The van der Waals surface area contributed by atoms with Crippen molar-refractivity contribution in [1.82, 2.24) is 24.9 Å². The van der Waals surface area contributed by atoms with Crippen LogP contribution in [0.3, 0.4) is 0 Å². The zero-order valence-corrected chi connectivity index (χ0v) is 14.2. The average molecular weight is 352 g/mol. The number of nitrogens with one attached hydrogen (secondary N) is 1. The summed E-state index contributed by atoms with van der Waals surface area (Å²) in [5, 5.41) is 12.6. The molecule has 0 bridgehead atoms. The van der Waals surface area contributed by atoms with Crippen LogP contribution in [0.5, 0.6) is 0 Å². The minimum absolute atomic E-state index is 0.733. The summed E-state index contributed by atoms with van der Waals surface area (Å²) >= 11 is 3.69. The summed E-state index contributed by atoms with van der Waals surface area (Å²) in [5.41, 5.74) is 3.56. The summed E-state index contributed by atoms with van der Waals surface area (Å²) in [7, 11) is 0. The molecule has 0 spiro atoms. The van der Waals surface area contributed by atoms with Gasteiger partial charge in [-0.3, -0.25) is 9.36 Å². The number of aryl methyl sites for hydroxylation is 2. The number of hydrogen-bond donors (Lipinski definition) is 1. The first-order chi connectivity index (χ1) is 10.2. The van der Waals surface area contributed by atoms with E-state index in [2.05, 4.69) is 56.2 Å². The molecule has 2 aromatic rings. The van der Waals surface area contributed by atoms with Crippen molar-refractivity contribution in [1.29, 1.82) is 0 Å². The van der Waals surface area contributed by atoms with Crippen LogP contribution in [0.2, 0.25) is 0 Å². The first kappa shape index (κ1) is 14.8. The molecule has 0 radical (unpaired) electrons. The van der Waals surface area contributed by atoms with E-state index in [1.54, 1.807) is 0 Å². The Morgan fingerprint density at radius 1 is 1.38 bits per heavy atom. The van der Waals surface area contributed by atoms with E-state index in [0.717, 1.165) is 42.3 Å². The van der Waals surface area contributed by atoms with E-state index in [-0.39, 0.29) is 0 Å². The molecule has 5 nitrogen and oxygen atoms in total. The highest BCUT2D eigenvalue weighted by atomic mass is 79.9. The maximum Gasteiger partial charge on any atom is 0.0839 e. The quantitative estimate of drug-likeness (QED) is 0.834. The highest BCUT2D eigenvalue weighted by Gasteiger charge is 2.20. The highest BCUT2D eigenvalue weighted by molar-refractivity contribution is 9.10. The summed E-state index contributed by atoms with van der Waals surface area (Å²) in [6, 6.07) is 0.733. The normalized spacial score (nSPS) is 14.8. The summed E-state index contributed by atoms with van der Waals surface area (Å²) in [4.78, 5) is 0. The third-order valence-corrected chi connectivity index (χ3v) is 4.78. The van der Waals surface area contributed by atoms with Gasteiger partial charge in [-0.05, 0) is 42.1 Å². The molecule has 1 aliphatic carbocycles. The third kappa shape index (κ3) is 3.37. The Balaban J connectivity index is 1.71. The molecule has 0 saturated heterocycles. The van der Waals surface area contributed by atoms with Gasteiger partial charge in [0.25, 0.3) is 0 Å². The fourth-order valence-corrected chi connectivity index (χ4v) is 3.15. The monoisotopic (exact) mass is 351 g/mol. The van der Waals surface area contributed by atoms with E-state index < -0.39 is 0 Å². The fraction of sp³-hybridized carbons (Fsp3) is 0.600. The lowest BCUT2D eigenvalue weighted by Gasteiger charge is -2.05. The molecule has 3 rings (SSSR count). The minimum Gasteiger partial charge on any atom is -0.310 e. The van der Waals surface area contributed by atoms with Gasteiger partial charge in [-0.25, -0.2) is 0 Å². The maximum absolute atomic E-state index is 4.63. The van der Waals surface area contributed by atoms with Crippen LogP contribution < -0.4 is 5.32 Å². The molecule has 0 amide bonds. The van der Waals surface area contributed by atoms with Crippen LogP contribution in [0.1, 0.15) is 43.6 Å². The van der Waals surface area contributed by atoms with E-state index in [4.69, 9.17) is 0 Å². The Morgan fingerprint density at radius 3 is 2.86 bits per heavy atom. The van der Waals surface area contributed by atoms with Crippen molar-refractivity contribution in [2.24, 2.45) is 0 Å².